The minimum atomic E-state index is -1.06. The van der Waals surface area contributed by atoms with E-state index in [0.717, 1.165) is 11.3 Å². The Kier molecular flexibility index (Phi) is 5.02. The molecule has 2 aromatic rings. The number of rotatable bonds is 6. The lowest BCUT2D eigenvalue weighted by atomic mass is 10.1. The van der Waals surface area contributed by atoms with Crippen LogP contribution in [0.25, 0.3) is 6.08 Å². The van der Waals surface area contributed by atoms with Gasteiger partial charge in [-0.1, -0.05) is 6.08 Å². The molecule has 0 aliphatic heterocycles. The second kappa shape index (κ2) is 6.97. The third-order valence-corrected chi connectivity index (χ3v) is 4.08. The molecule has 120 valence electrons. The number of phenolic OH excluding ortho intramolecular Hbond substituents is 1. The minimum absolute atomic E-state index is 0.106. The van der Waals surface area contributed by atoms with Gasteiger partial charge in [0, 0.05) is 0 Å². The van der Waals surface area contributed by atoms with Crippen molar-refractivity contribution in [3.8, 4) is 17.2 Å². The van der Waals surface area contributed by atoms with E-state index >= 15 is 0 Å². The number of phenols is 1. The van der Waals surface area contributed by atoms with Crippen molar-refractivity contribution in [3.63, 3.8) is 0 Å². The van der Waals surface area contributed by atoms with Gasteiger partial charge in [0.05, 0.1) is 19.1 Å². The molecule has 6 nitrogen and oxygen atoms in total. The van der Waals surface area contributed by atoms with Crippen molar-refractivity contribution in [3.05, 3.63) is 45.7 Å². The van der Waals surface area contributed by atoms with Gasteiger partial charge in [-0.15, -0.1) is 11.3 Å². The van der Waals surface area contributed by atoms with Crippen LogP contribution in [0.1, 0.15) is 24.9 Å². The topological polar surface area (TPSA) is 93.1 Å². The van der Waals surface area contributed by atoms with Crippen LogP contribution in [0.3, 0.4) is 0 Å². The number of ketones is 1. The number of carbonyl (C=O) groups is 2. The molecular weight excluding hydrogens is 320 g/mol. The molecule has 1 heterocycles. The van der Waals surface area contributed by atoms with Crippen LogP contribution in [-0.4, -0.2) is 36.2 Å². The number of aromatic carboxylic acids is 1. The highest BCUT2D eigenvalue weighted by Gasteiger charge is 2.12. The van der Waals surface area contributed by atoms with Crippen LogP contribution >= 0.6 is 11.3 Å². The first-order valence-corrected chi connectivity index (χ1v) is 7.28. The molecule has 0 aliphatic rings. The Morgan fingerprint density at radius 1 is 1.09 bits per heavy atom. The molecule has 2 N–H and O–H groups in total. The van der Waals surface area contributed by atoms with Gasteiger partial charge in [0.2, 0.25) is 5.75 Å². The van der Waals surface area contributed by atoms with Gasteiger partial charge in [0.1, 0.15) is 4.88 Å². The molecule has 0 aliphatic carbocycles. The summed E-state index contributed by atoms with van der Waals surface area (Å²) in [6.45, 7) is 0. The van der Waals surface area contributed by atoms with Gasteiger partial charge in [0.25, 0.3) is 0 Å². The quantitative estimate of drug-likeness (QED) is 0.623. The molecule has 0 atom stereocenters. The molecule has 1 aromatic carbocycles. The summed E-state index contributed by atoms with van der Waals surface area (Å²) in [7, 11) is 2.82. The maximum atomic E-state index is 12.0. The largest absolute Gasteiger partial charge is 0.502 e. The maximum Gasteiger partial charge on any atom is 0.345 e. The third kappa shape index (κ3) is 3.70. The van der Waals surface area contributed by atoms with Crippen LogP contribution < -0.4 is 9.47 Å². The summed E-state index contributed by atoms with van der Waals surface area (Å²) in [5.74, 6) is -1.05. The van der Waals surface area contributed by atoms with Crippen molar-refractivity contribution < 1.29 is 29.3 Å². The van der Waals surface area contributed by atoms with E-state index in [1.54, 1.807) is 12.1 Å². The zero-order valence-corrected chi connectivity index (χ0v) is 13.2. The molecule has 0 saturated heterocycles. The molecule has 0 unspecified atom stereocenters. The van der Waals surface area contributed by atoms with E-state index in [2.05, 4.69) is 0 Å². The second-order valence-electron chi connectivity index (χ2n) is 4.44. The Morgan fingerprint density at radius 3 is 2.13 bits per heavy atom. The normalized spacial score (nSPS) is 10.7. The summed E-state index contributed by atoms with van der Waals surface area (Å²) in [6.07, 6.45) is 2.86. The van der Waals surface area contributed by atoms with E-state index in [9.17, 15) is 14.7 Å². The number of methoxy groups -OCH3 is 2. The zero-order valence-electron chi connectivity index (χ0n) is 12.4. The van der Waals surface area contributed by atoms with Crippen LogP contribution in [-0.2, 0) is 0 Å². The molecule has 0 bridgehead atoms. The van der Waals surface area contributed by atoms with Crippen molar-refractivity contribution >= 4 is 29.2 Å². The van der Waals surface area contributed by atoms with Crippen LogP contribution in [0.5, 0.6) is 17.2 Å². The molecule has 0 fully saturated rings. The summed E-state index contributed by atoms with van der Waals surface area (Å²) in [6, 6.07) is 5.97. The van der Waals surface area contributed by atoms with Crippen LogP contribution in [0, 0.1) is 0 Å². The predicted octanol–water partition coefficient (Wildman–Crippen LogP) is 3.07. The van der Waals surface area contributed by atoms with Crippen molar-refractivity contribution in [2.75, 3.05) is 14.2 Å². The van der Waals surface area contributed by atoms with Crippen LogP contribution in [0.2, 0.25) is 0 Å². The number of aromatic hydroxyl groups is 1. The highest BCUT2D eigenvalue weighted by atomic mass is 32.1. The number of hydrogen-bond donors (Lipinski definition) is 2. The van der Waals surface area contributed by atoms with Crippen molar-refractivity contribution in [1.82, 2.24) is 0 Å². The van der Waals surface area contributed by atoms with E-state index in [-0.39, 0.29) is 27.9 Å². The number of ether oxygens (including phenoxy) is 2. The fourth-order valence-corrected chi connectivity index (χ4v) is 2.61. The Hall–Kier alpha value is -2.80. The molecule has 0 radical (unpaired) electrons. The molecule has 7 heteroatoms. The van der Waals surface area contributed by atoms with Crippen LogP contribution in [0.4, 0.5) is 0 Å². The average Bonchev–Trinajstić information content (AvgIpc) is 3.03. The summed E-state index contributed by atoms with van der Waals surface area (Å²) >= 11 is 0.912. The first kappa shape index (κ1) is 16.6. The smallest absolute Gasteiger partial charge is 0.345 e. The Balaban J connectivity index is 2.25. The van der Waals surface area contributed by atoms with E-state index in [0.29, 0.717) is 10.4 Å². The molecule has 2 rings (SSSR count). The van der Waals surface area contributed by atoms with E-state index in [1.807, 2.05) is 0 Å². The Morgan fingerprint density at radius 2 is 1.65 bits per heavy atom. The fourth-order valence-electron chi connectivity index (χ4n) is 1.85. The first-order chi connectivity index (χ1) is 11.0. The minimum Gasteiger partial charge on any atom is -0.502 e. The van der Waals surface area contributed by atoms with Crippen LogP contribution in [0.15, 0.2) is 30.3 Å². The monoisotopic (exact) mass is 334 g/mol. The summed E-state index contributed by atoms with van der Waals surface area (Å²) in [5, 5.41) is 18.7. The SMILES string of the molecule is COc1cc(/C=C\C(=O)c2ccc(C(=O)O)s2)cc(OC)c1O. The Bertz CT molecular complexity index is 750. The standard InChI is InChI=1S/C16H14O6S/c1-21-11-7-9(8-12(22-2)15(11)18)3-4-10(17)13-5-6-14(23-13)16(19)20/h3-8,18H,1-2H3,(H,19,20)/b4-3-. The second-order valence-corrected chi connectivity index (χ2v) is 5.52. The van der Waals surface area contributed by atoms with Gasteiger partial charge < -0.3 is 19.7 Å². The van der Waals surface area contributed by atoms with Crippen molar-refractivity contribution in [2.24, 2.45) is 0 Å². The summed E-state index contributed by atoms with van der Waals surface area (Å²) in [4.78, 5) is 23.3. The number of benzene rings is 1. The van der Waals surface area contributed by atoms with Gasteiger partial charge in [0.15, 0.2) is 17.3 Å². The van der Waals surface area contributed by atoms with Gasteiger partial charge in [-0.2, -0.15) is 0 Å². The maximum absolute atomic E-state index is 12.0. The van der Waals surface area contributed by atoms with Crippen molar-refractivity contribution in [1.29, 1.82) is 0 Å². The van der Waals surface area contributed by atoms with Crippen molar-refractivity contribution in [2.45, 2.75) is 0 Å². The molecular formula is C16H14O6S. The number of carbonyl (C=O) groups excluding carboxylic acids is 1. The van der Waals surface area contributed by atoms with E-state index in [1.165, 1.54) is 38.5 Å². The molecule has 0 amide bonds. The Labute approximate surface area is 136 Å². The van der Waals surface area contributed by atoms with E-state index in [4.69, 9.17) is 14.6 Å². The van der Waals surface area contributed by atoms with E-state index < -0.39 is 5.97 Å². The van der Waals surface area contributed by atoms with Gasteiger partial charge in [-0.25, -0.2) is 4.79 Å². The third-order valence-electron chi connectivity index (χ3n) is 2.99. The number of hydrogen-bond acceptors (Lipinski definition) is 6. The molecule has 1 aromatic heterocycles. The van der Waals surface area contributed by atoms with Gasteiger partial charge >= 0.3 is 5.97 Å². The fraction of sp³-hybridized carbons (Fsp3) is 0.125. The number of carboxylic acids is 1. The van der Waals surface area contributed by atoms with Gasteiger partial charge in [-0.05, 0) is 35.9 Å². The molecule has 0 spiro atoms. The highest BCUT2D eigenvalue weighted by molar-refractivity contribution is 7.16. The molecule has 0 saturated carbocycles. The highest BCUT2D eigenvalue weighted by Crippen LogP contribution is 2.37. The number of carboxylic acid groups (broad SMARTS) is 1. The number of thiophene rings is 1. The average molecular weight is 334 g/mol. The molecule has 23 heavy (non-hydrogen) atoms. The lowest BCUT2D eigenvalue weighted by Crippen LogP contribution is -1.92. The first-order valence-electron chi connectivity index (χ1n) is 6.46. The predicted molar refractivity (Wildman–Crippen MR) is 85.9 cm³/mol. The lowest BCUT2D eigenvalue weighted by molar-refractivity contribution is 0.0702. The lowest BCUT2D eigenvalue weighted by Gasteiger charge is -2.09. The summed E-state index contributed by atoms with van der Waals surface area (Å²) < 4.78 is 10.1. The number of allylic oxidation sites excluding steroid dienone is 1. The summed E-state index contributed by atoms with van der Waals surface area (Å²) in [5.41, 5.74) is 0.597. The van der Waals surface area contributed by atoms with Gasteiger partial charge in [-0.3, -0.25) is 4.79 Å². The zero-order chi connectivity index (χ0) is 17.0.